The number of hydrogen-bond acceptors (Lipinski definition) is 4. The Morgan fingerprint density at radius 2 is 1.96 bits per heavy atom. The number of piperidine rings is 1. The molecule has 2 saturated heterocycles. The summed E-state index contributed by atoms with van der Waals surface area (Å²) in [4.78, 5) is 6.97. The van der Waals surface area contributed by atoms with Gasteiger partial charge < -0.3 is 5.32 Å². The van der Waals surface area contributed by atoms with E-state index in [-0.39, 0.29) is 0 Å². The van der Waals surface area contributed by atoms with E-state index in [0.717, 1.165) is 30.1 Å². The Kier molecular flexibility index (Phi) is 4.14. The predicted molar refractivity (Wildman–Crippen MR) is 95.3 cm³/mol. The van der Waals surface area contributed by atoms with Crippen molar-refractivity contribution >= 4 is 0 Å². The monoisotopic (exact) mass is 325 g/mol. The van der Waals surface area contributed by atoms with Gasteiger partial charge in [0.15, 0.2) is 5.82 Å². The number of aromatic nitrogens is 3. The van der Waals surface area contributed by atoms with Gasteiger partial charge in [-0.05, 0) is 58.7 Å². The fraction of sp³-hybridized carbons (Fsp3) is 0.579. The molecule has 4 rings (SSSR count). The number of rotatable bonds is 4. The Bertz CT molecular complexity index is 696. The zero-order valence-electron chi connectivity index (χ0n) is 14.9. The second-order valence-electron chi connectivity index (χ2n) is 7.43. The standard InChI is InChI=1S/C19H27N5/c1-13-18(14(2)24(22-13)19-6-4-5-9-20-19)12-23(3)17-10-15-7-8-16(11-17)21-15/h4-6,9,15-17,21H,7-8,10-12H2,1-3H3. The van der Waals surface area contributed by atoms with Gasteiger partial charge in [0.05, 0.1) is 5.69 Å². The molecule has 2 aliphatic rings. The summed E-state index contributed by atoms with van der Waals surface area (Å²) in [6, 6.07) is 8.10. The lowest BCUT2D eigenvalue weighted by Gasteiger charge is -2.35. The van der Waals surface area contributed by atoms with Crippen LogP contribution in [0.15, 0.2) is 24.4 Å². The lowest BCUT2D eigenvalue weighted by Crippen LogP contribution is -2.46. The highest BCUT2D eigenvalue weighted by Gasteiger charge is 2.35. The van der Waals surface area contributed by atoms with Crippen LogP contribution in [0.1, 0.15) is 42.6 Å². The van der Waals surface area contributed by atoms with Gasteiger partial charge in [0.2, 0.25) is 0 Å². The number of nitrogens with one attached hydrogen (secondary N) is 1. The third kappa shape index (κ3) is 2.87. The van der Waals surface area contributed by atoms with Crippen LogP contribution in [0.4, 0.5) is 0 Å². The van der Waals surface area contributed by atoms with E-state index in [4.69, 9.17) is 5.10 Å². The molecule has 2 aromatic rings. The third-order valence-corrected chi connectivity index (χ3v) is 5.79. The summed E-state index contributed by atoms with van der Waals surface area (Å²) in [5.74, 6) is 0.895. The van der Waals surface area contributed by atoms with Crippen LogP contribution in [0.25, 0.3) is 5.82 Å². The van der Waals surface area contributed by atoms with Crippen LogP contribution in [-0.4, -0.2) is 44.8 Å². The Labute approximate surface area is 144 Å². The van der Waals surface area contributed by atoms with E-state index in [0.29, 0.717) is 6.04 Å². The second-order valence-corrected chi connectivity index (χ2v) is 7.43. The Hall–Kier alpha value is -1.72. The van der Waals surface area contributed by atoms with Gasteiger partial charge in [-0.15, -0.1) is 0 Å². The van der Waals surface area contributed by atoms with Gasteiger partial charge in [-0.1, -0.05) is 6.07 Å². The van der Waals surface area contributed by atoms with E-state index in [2.05, 4.69) is 36.1 Å². The van der Waals surface area contributed by atoms with Crippen molar-refractivity contribution < 1.29 is 0 Å². The van der Waals surface area contributed by atoms with Gasteiger partial charge in [0.25, 0.3) is 0 Å². The summed E-state index contributed by atoms with van der Waals surface area (Å²) in [6.07, 6.45) is 7.08. The van der Waals surface area contributed by atoms with Crippen molar-refractivity contribution in [3.63, 3.8) is 0 Å². The van der Waals surface area contributed by atoms with Crippen molar-refractivity contribution in [1.82, 2.24) is 25.0 Å². The number of hydrogen-bond donors (Lipinski definition) is 1. The molecule has 24 heavy (non-hydrogen) atoms. The lowest BCUT2D eigenvalue weighted by atomic mass is 9.98. The molecule has 2 unspecified atom stereocenters. The Balaban J connectivity index is 1.53. The summed E-state index contributed by atoms with van der Waals surface area (Å²) >= 11 is 0. The minimum atomic E-state index is 0.681. The molecular formula is C19H27N5. The molecular weight excluding hydrogens is 298 g/mol. The molecule has 0 aromatic carbocycles. The number of pyridine rings is 1. The average Bonchev–Trinajstić information content (AvgIpc) is 3.08. The molecule has 5 heteroatoms. The minimum Gasteiger partial charge on any atom is -0.311 e. The van der Waals surface area contributed by atoms with Gasteiger partial charge in [-0.2, -0.15) is 5.10 Å². The first-order valence-corrected chi connectivity index (χ1v) is 9.04. The SMILES string of the molecule is Cc1nn(-c2ccccn2)c(C)c1CN(C)C1CC2CCC(C1)N2. The summed E-state index contributed by atoms with van der Waals surface area (Å²) in [5.41, 5.74) is 3.66. The molecule has 0 aliphatic carbocycles. The van der Waals surface area contributed by atoms with Gasteiger partial charge in [0, 0.05) is 42.1 Å². The zero-order valence-corrected chi connectivity index (χ0v) is 14.9. The minimum absolute atomic E-state index is 0.681. The van der Waals surface area contributed by atoms with E-state index >= 15 is 0 Å². The maximum absolute atomic E-state index is 4.74. The first-order valence-electron chi connectivity index (χ1n) is 9.04. The summed E-state index contributed by atoms with van der Waals surface area (Å²) in [5, 5.41) is 8.47. The third-order valence-electron chi connectivity index (χ3n) is 5.79. The number of aryl methyl sites for hydroxylation is 1. The molecule has 0 radical (unpaired) electrons. The van der Waals surface area contributed by atoms with Gasteiger partial charge in [-0.25, -0.2) is 9.67 Å². The van der Waals surface area contributed by atoms with Gasteiger partial charge in [0.1, 0.15) is 0 Å². The van der Waals surface area contributed by atoms with Crippen LogP contribution in [0.3, 0.4) is 0 Å². The molecule has 2 fully saturated rings. The smallest absolute Gasteiger partial charge is 0.153 e. The normalized spacial score (nSPS) is 26.2. The van der Waals surface area contributed by atoms with Crippen molar-refractivity contribution in [2.24, 2.45) is 0 Å². The maximum atomic E-state index is 4.74. The van der Waals surface area contributed by atoms with Crippen LogP contribution in [0, 0.1) is 13.8 Å². The molecule has 2 aliphatic heterocycles. The summed E-state index contributed by atoms with van der Waals surface area (Å²) < 4.78 is 1.98. The first-order chi connectivity index (χ1) is 11.6. The average molecular weight is 325 g/mol. The fourth-order valence-corrected chi connectivity index (χ4v) is 4.37. The topological polar surface area (TPSA) is 46.0 Å². The first kappa shape index (κ1) is 15.8. The van der Waals surface area contributed by atoms with E-state index in [1.807, 2.05) is 29.1 Å². The zero-order chi connectivity index (χ0) is 16.7. The molecule has 128 valence electrons. The van der Waals surface area contributed by atoms with E-state index in [9.17, 15) is 0 Å². The number of nitrogens with zero attached hydrogens (tertiary/aromatic N) is 4. The fourth-order valence-electron chi connectivity index (χ4n) is 4.37. The summed E-state index contributed by atoms with van der Waals surface area (Å²) in [6.45, 7) is 5.24. The van der Waals surface area contributed by atoms with Crippen molar-refractivity contribution in [1.29, 1.82) is 0 Å². The Morgan fingerprint density at radius 1 is 1.21 bits per heavy atom. The largest absolute Gasteiger partial charge is 0.311 e. The molecule has 0 saturated carbocycles. The highest BCUT2D eigenvalue weighted by molar-refractivity contribution is 5.32. The molecule has 0 spiro atoms. The van der Waals surface area contributed by atoms with Crippen LogP contribution < -0.4 is 5.32 Å². The maximum Gasteiger partial charge on any atom is 0.153 e. The highest BCUT2D eigenvalue weighted by atomic mass is 15.3. The van der Waals surface area contributed by atoms with E-state index in [1.165, 1.54) is 36.9 Å². The van der Waals surface area contributed by atoms with Crippen LogP contribution >= 0.6 is 0 Å². The van der Waals surface area contributed by atoms with Crippen LogP contribution in [0.2, 0.25) is 0 Å². The van der Waals surface area contributed by atoms with Crippen molar-refractivity contribution in [3.8, 4) is 5.82 Å². The second kappa shape index (κ2) is 6.30. The molecule has 5 nitrogen and oxygen atoms in total. The summed E-state index contributed by atoms with van der Waals surface area (Å²) in [7, 11) is 2.27. The van der Waals surface area contributed by atoms with Gasteiger partial charge >= 0.3 is 0 Å². The molecule has 0 amide bonds. The highest BCUT2D eigenvalue weighted by Crippen LogP contribution is 2.30. The quantitative estimate of drug-likeness (QED) is 0.938. The molecule has 2 aromatic heterocycles. The molecule has 2 bridgehead atoms. The molecule has 1 N–H and O–H groups in total. The van der Waals surface area contributed by atoms with Crippen molar-refractivity contribution in [2.45, 2.75) is 64.2 Å². The van der Waals surface area contributed by atoms with E-state index < -0.39 is 0 Å². The van der Waals surface area contributed by atoms with Crippen LogP contribution in [-0.2, 0) is 6.54 Å². The van der Waals surface area contributed by atoms with Crippen LogP contribution in [0.5, 0.6) is 0 Å². The lowest BCUT2D eigenvalue weighted by molar-refractivity contribution is 0.165. The molecule has 4 heterocycles. The molecule has 2 atom stereocenters. The Morgan fingerprint density at radius 3 is 2.62 bits per heavy atom. The predicted octanol–water partition coefficient (Wildman–Crippen LogP) is 2.60. The number of fused-ring (bicyclic) bond motifs is 2. The van der Waals surface area contributed by atoms with Crippen molar-refractivity contribution in [2.75, 3.05) is 7.05 Å². The van der Waals surface area contributed by atoms with E-state index in [1.54, 1.807) is 0 Å². The van der Waals surface area contributed by atoms with Gasteiger partial charge in [-0.3, -0.25) is 4.90 Å². The van der Waals surface area contributed by atoms with Crippen molar-refractivity contribution in [3.05, 3.63) is 41.3 Å².